The topological polar surface area (TPSA) is 68.1 Å². The maximum atomic E-state index is 10.9. The summed E-state index contributed by atoms with van der Waals surface area (Å²) in [6.45, 7) is 0. The second-order valence-corrected chi connectivity index (χ2v) is 4.21. The van der Waals surface area contributed by atoms with Gasteiger partial charge in [-0.15, -0.1) is 0 Å². The molecule has 3 rings (SSSR count). The summed E-state index contributed by atoms with van der Waals surface area (Å²) in [5.74, 6) is 0. The van der Waals surface area contributed by atoms with Crippen LogP contribution in [-0.2, 0) is 0 Å². The second kappa shape index (κ2) is 3.69. The predicted molar refractivity (Wildman–Crippen MR) is 65.0 cm³/mol. The van der Waals surface area contributed by atoms with Crippen LogP contribution in [0, 0.1) is 10.1 Å². The zero-order valence-electron chi connectivity index (χ0n) is 9.09. The molecular weight excluding hydrogens is 218 g/mol. The largest absolute Gasteiger partial charge is 0.381 e. The first-order valence-electron chi connectivity index (χ1n) is 5.54. The summed E-state index contributed by atoms with van der Waals surface area (Å²) in [5.41, 5.74) is 1.66. The third kappa shape index (κ3) is 1.80. The molecule has 0 amide bonds. The minimum atomic E-state index is -0.370. The van der Waals surface area contributed by atoms with Crippen LogP contribution in [0.15, 0.2) is 30.5 Å². The van der Waals surface area contributed by atoms with Gasteiger partial charge in [-0.1, -0.05) is 0 Å². The van der Waals surface area contributed by atoms with Crippen LogP contribution in [0.25, 0.3) is 10.9 Å². The molecule has 1 aliphatic carbocycles. The van der Waals surface area contributed by atoms with E-state index in [1.807, 2.05) is 0 Å². The lowest BCUT2D eigenvalue weighted by Crippen LogP contribution is -2.02. The van der Waals surface area contributed by atoms with E-state index >= 15 is 0 Å². The van der Waals surface area contributed by atoms with Crippen molar-refractivity contribution < 1.29 is 4.92 Å². The Hall–Kier alpha value is -2.17. The quantitative estimate of drug-likeness (QED) is 0.649. The Bertz CT molecular complexity index is 593. The number of nitrogens with zero attached hydrogens (tertiary/aromatic N) is 2. The molecule has 1 aromatic carbocycles. The highest BCUT2D eigenvalue weighted by Crippen LogP contribution is 2.32. The van der Waals surface area contributed by atoms with Crippen LogP contribution in [0.4, 0.5) is 11.4 Å². The normalized spacial score (nSPS) is 14.8. The number of non-ortho nitro benzene ring substituents is 1. The zero-order chi connectivity index (χ0) is 11.8. The molecule has 0 aliphatic heterocycles. The van der Waals surface area contributed by atoms with Gasteiger partial charge in [0.05, 0.1) is 16.0 Å². The van der Waals surface area contributed by atoms with Crippen molar-refractivity contribution in [3.05, 3.63) is 40.6 Å². The van der Waals surface area contributed by atoms with Crippen molar-refractivity contribution in [2.24, 2.45) is 0 Å². The van der Waals surface area contributed by atoms with Gasteiger partial charge in [-0.05, 0) is 31.0 Å². The van der Waals surface area contributed by atoms with E-state index in [0.29, 0.717) is 16.9 Å². The molecule has 0 atom stereocenters. The minimum absolute atomic E-state index is 0.106. The fraction of sp³-hybridized carbons (Fsp3) is 0.250. The molecule has 5 nitrogen and oxygen atoms in total. The van der Waals surface area contributed by atoms with Crippen LogP contribution in [-0.4, -0.2) is 15.9 Å². The van der Waals surface area contributed by atoms with Gasteiger partial charge in [-0.25, -0.2) is 0 Å². The number of pyridine rings is 1. The molecule has 5 heteroatoms. The Morgan fingerprint density at radius 1 is 1.35 bits per heavy atom. The number of nitrogens with one attached hydrogen (secondary N) is 1. The van der Waals surface area contributed by atoms with Crippen LogP contribution < -0.4 is 5.32 Å². The van der Waals surface area contributed by atoms with Crippen LogP contribution >= 0.6 is 0 Å². The smallest absolute Gasteiger partial charge is 0.278 e. The lowest BCUT2D eigenvalue weighted by Gasteiger charge is -2.07. The van der Waals surface area contributed by atoms with Crippen molar-refractivity contribution in [2.75, 3.05) is 5.32 Å². The zero-order valence-corrected chi connectivity index (χ0v) is 9.09. The van der Waals surface area contributed by atoms with Crippen LogP contribution in [0.1, 0.15) is 12.8 Å². The first-order chi connectivity index (χ1) is 8.25. The van der Waals surface area contributed by atoms with Crippen LogP contribution in [0.2, 0.25) is 0 Å². The summed E-state index contributed by atoms with van der Waals surface area (Å²) in [5, 5.41) is 14.8. The Labute approximate surface area is 97.6 Å². The van der Waals surface area contributed by atoms with E-state index in [9.17, 15) is 10.1 Å². The van der Waals surface area contributed by atoms with E-state index in [1.165, 1.54) is 6.07 Å². The van der Waals surface area contributed by atoms with Gasteiger partial charge in [0, 0.05) is 18.3 Å². The number of nitro benzene ring substituents is 1. The second-order valence-electron chi connectivity index (χ2n) is 4.21. The summed E-state index contributed by atoms with van der Waals surface area (Å²) in [4.78, 5) is 14.8. The van der Waals surface area contributed by atoms with Crippen molar-refractivity contribution in [2.45, 2.75) is 18.9 Å². The van der Waals surface area contributed by atoms with Gasteiger partial charge in [0.15, 0.2) is 0 Å². The minimum Gasteiger partial charge on any atom is -0.381 e. The highest BCUT2D eigenvalue weighted by atomic mass is 16.6. The van der Waals surface area contributed by atoms with Crippen LogP contribution in [0.5, 0.6) is 0 Å². The number of rotatable bonds is 3. The molecule has 1 aliphatic rings. The number of hydrogen-bond donors (Lipinski definition) is 1. The highest BCUT2D eigenvalue weighted by molar-refractivity contribution is 5.96. The van der Waals surface area contributed by atoms with Gasteiger partial charge >= 0.3 is 0 Å². The molecule has 1 fully saturated rings. The van der Waals surface area contributed by atoms with Gasteiger partial charge in [0.25, 0.3) is 5.69 Å². The summed E-state index contributed by atoms with van der Waals surface area (Å²) in [7, 11) is 0. The van der Waals surface area contributed by atoms with Gasteiger partial charge < -0.3 is 5.32 Å². The van der Waals surface area contributed by atoms with Gasteiger partial charge in [-0.3, -0.25) is 15.1 Å². The fourth-order valence-corrected chi connectivity index (χ4v) is 1.88. The Balaban J connectivity index is 2.18. The van der Waals surface area contributed by atoms with E-state index < -0.39 is 0 Å². The maximum absolute atomic E-state index is 10.9. The predicted octanol–water partition coefficient (Wildman–Crippen LogP) is 2.72. The summed E-state index contributed by atoms with van der Waals surface area (Å²) in [6, 6.07) is 7.23. The lowest BCUT2D eigenvalue weighted by atomic mass is 10.1. The van der Waals surface area contributed by atoms with E-state index in [0.717, 1.165) is 18.5 Å². The maximum Gasteiger partial charge on any atom is 0.278 e. The summed E-state index contributed by atoms with van der Waals surface area (Å²) in [6.07, 6.45) is 3.97. The molecule has 1 heterocycles. The molecule has 0 radical (unpaired) electrons. The first kappa shape index (κ1) is 10.0. The molecular formula is C12H11N3O2. The third-order valence-electron chi connectivity index (χ3n) is 2.88. The van der Waals surface area contributed by atoms with Crippen LogP contribution in [0.3, 0.4) is 0 Å². The Kier molecular flexibility index (Phi) is 2.18. The highest BCUT2D eigenvalue weighted by Gasteiger charge is 2.23. The van der Waals surface area contributed by atoms with E-state index in [1.54, 1.807) is 24.4 Å². The standard InChI is InChI=1S/C12H11N3O2/c16-15(17)11-6-5-10(14-8-3-4-8)12-9(11)2-1-7-13-12/h1-2,5-8,14H,3-4H2. The van der Waals surface area contributed by atoms with Crippen molar-refractivity contribution in [1.29, 1.82) is 0 Å². The fourth-order valence-electron chi connectivity index (χ4n) is 1.88. The molecule has 17 heavy (non-hydrogen) atoms. The van der Waals surface area contributed by atoms with E-state index in [4.69, 9.17) is 0 Å². The molecule has 1 saturated carbocycles. The van der Waals surface area contributed by atoms with Gasteiger partial charge in [0.1, 0.15) is 5.52 Å². The SMILES string of the molecule is O=[N+]([O-])c1ccc(NC2CC2)c2ncccc12. The number of aromatic nitrogens is 1. The molecule has 0 unspecified atom stereocenters. The summed E-state index contributed by atoms with van der Waals surface area (Å²) < 4.78 is 0. The third-order valence-corrected chi connectivity index (χ3v) is 2.88. The number of hydrogen-bond acceptors (Lipinski definition) is 4. The molecule has 0 spiro atoms. The molecule has 2 aromatic rings. The monoisotopic (exact) mass is 229 g/mol. The number of benzene rings is 1. The lowest BCUT2D eigenvalue weighted by molar-refractivity contribution is -0.383. The molecule has 1 N–H and O–H groups in total. The van der Waals surface area contributed by atoms with Crippen molar-refractivity contribution >= 4 is 22.3 Å². The average molecular weight is 229 g/mol. The van der Waals surface area contributed by atoms with Crippen molar-refractivity contribution in [1.82, 2.24) is 4.98 Å². The van der Waals surface area contributed by atoms with E-state index in [2.05, 4.69) is 10.3 Å². The van der Waals surface area contributed by atoms with Gasteiger partial charge in [-0.2, -0.15) is 0 Å². The first-order valence-corrected chi connectivity index (χ1v) is 5.54. The molecule has 0 bridgehead atoms. The van der Waals surface area contributed by atoms with Crippen molar-refractivity contribution in [3.63, 3.8) is 0 Å². The Morgan fingerprint density at radius 2 is 2.18 bits per heavy atom. The average Bonchev–Trinajstić information content (AvgIpc) is 3.13. The molecule has 0 saturated heterocycles. The van der Waals surface area contributed by atoms with E-state index in [-0.39, 0.29) is 10.6 Å². The summed E-state index contributed by atoms with van der Waals surface area (Å²) >= 11 is 0. The van der Waals surface area contributed by atoms with Crippen molar-refractivity contribution in [3.8, 4) is 0 Å². The number of nitro groups is 1. The van der Waals surface area contributed by atoms with Gasteiger partial charge in [0.2, 0.25) is 0 Å². The number of fused-ring (bicyclic) bond motifs is 1. The molecule has 1 aromatic heterocycles. The number of anilines is 1. The Morgan fingerprint density at radius 3 is 2.88 bits per heavy atom. The molecule has 86 valence electrons.